The van der Waals surface area contributed by atoms with E-state index < -0.39 is 0 Å². The fourth-order valence-corrected chi connectivity index (χ4v) is 6.35. The van der Waals surface area contributed by atoms with Crippen molar-refractivity contribution in [1.82, 2.24) is 9.55 Å². The van der Waals surface area contributed by atoms with Crippen LogP contribution in [0.15, 0.2) is 58.0 Å². The van der Waals surface area contributed by atoms with Crippen molar-refractivity contribution in [2.24, 2.45) is 0 Å². The van der Waals surface area contributed by atoms with E-state index in [4.69, 9.17) is 4.98 Å². The molecule has 0 spiro atoms. The molecule has 6 heteroatoms. The smallest absolute Gasteiger partial charge is 0.259 e. The lowest BCUT2D eigenvalue weighted by Crippen LogP contribution is -2.29. The number of allylic oxidation sites excluding steroid dienone is 1. The van der Waals surface area contributed by atoms with E-state index in [1.807, 2.05) is 30.3 Å². The molecule has 27 heavy (non-hydrogen) atoms. The van der Waals surface area contributed by atoms with Crippen LogP contribution in [0.2, 0.25) is 0 Å². The van der Waals surface area contributed by atoms with Gasteiger partial charge in [0.05, 0.1) is 11.3 Å². The third-order valence-electron chi connectivity index (χ3n) is 5.21. The molecule has 0 N–H and O–H groups in total. The van der Waals surface area contributed by atoms with Gasteiger partial charge in [0, 0.05) is 23.3 Å². The van der Waals surface area contributed by atoms with Crippen molar-refractivity contribution in [2.75, 3.05) is 5.75 Å². The fourth-order valence-electron chi connectivity index (χ4n) is 3.89. The Hall–Kier alpha value is -1.79. The van der Waals surface area contributed by atoms with Gasteiger partial charge >= 0.3 is 0 Å². The third-order valence-corrected chi connectivity index (χ3v) is 7.59. The molecule has 4 nitrogen and oxygen atoms in total. The van der Waals surface area contributed by atoms with Crippen LogP contribution in [0.25, 0.3) is 0 Å². The number of benzene rings is 1. The first-order valence-corrected chi connectivity index (χ1v) is 11.2. The zero-order chi connectivity index (χ0) is 18.8. The molecule has 1 aliphatic heterocycles. The van der Waals surface area contributed by atoms with Crippen molar-refractivity contribution >= 4 is 29.3 Å². The van der Waals surface area contributed by atoms with E-state index >= 15 is 0 Å². The van der Waals surface area contributed by atoms with Crippen LogP contribution in [0.5, 0.6) is 0 Å². The van der Waals surface area contributed by atoms with Crippen molar-refractivity contribution < 1.29 is 4.79 Å². The van der Waals surface area contributed by atoms with Gasteiger partial charge in [-0.1, -0.05) is 61.0 Å². The summed E-state index contributed by atoms with van der Waals surface area (Å²) in [7, 11) is 0. The molecule has 0 saturated heterocycles. The van der Waals surface area contributed by atoms with Crippen LogP contribution < -0.4 is 5.56 Å². The molecule has 0 bridgehead atoms. The van der Waals surface area contributed by atoms with Crippen LogP contribution in [0.3, 0.4) is 0 Å². The van der Waals surface area contributed by atoms with Crippen molar-refractivity contribution in [2.45, 2.75) is 53.6 Å². The van der Waals surface area contributed by atoms with Crippen molar-refractivity contribution in [3.8, 4) is 0 Å². The van der Waals surface area contributed by atoms with Gasteiger partial charge in [0.1, 0.15) is 5.03 Å². The number of carbonyl (C=O) groups is 1. The summed E-state index contributed by atoms with van der Waals surface area (Å²) in [6, 6.07) is 9.24. The highest BCUT2D eigenvalue weighted by Gasteiger charge is 2.39. The average Bonchev–Trinajstić information content (AvgIpc) is 3.07. The number of carbonyl (C=O) groups excluding carboxylic acids is 1. The second kappa shape index (κ2) is 8.07. The summed E-state index contributed by atoms with van der Waals surface area (Å²) in [6.45, 7) is 4.21. The molecule has 2 heterocycles. The number of thioether (sulfide) groups is 2. The molecule has 1 aliphatic carbocycles. The molecule has 1 saturated carbocycles. The summed E-state index contributed by atoms with van der Waals surface area (Å²) in [5, 5.41) is 1.98. The van der Waals surface area contributed by atoms with E-state index in [-0.39, 0.29) is 17.1 Å². The second-order valence-corrected chi connectivity index (χ2v) is 9.11. The Balaban J connectivity index is 1.63. The predicted molar refractivity (Wildman–Crippen MR) is 111 cm³/mol. The second-order valence-electron chi connectivity index (χ2n) is 6.94. The lowest BCUT2D eigenvalue weighted by Gasteiger charge is -2.24. The largest absolute Gasteiger partial charge is 0.293 e. The summed E-state index contributed by atoms with van der Waals surface area (Å²) < 4.78 is 1.69. The Kier molecular flexibility index (Phi) is 5.55. The van der Waals surface area contributed by atoms with Crippen molar-refractivity contribution in [1.29, 1.82) is 0 Å². The van der Waals surface area contributed by atoms with E-state index in [9.17, 15) is 9.59 Å². The number of fused-ring (bicyclic) bond motifs is 3. The highest BCUT2D eigenvalue weighted by atomic mass is 32.2. The Labute approximate surface area is 167 Å². The van der Waals surface area contributed by atoms with Gasteiger partial charge < -0.3 is 0 Å². The molecule has 0 amide bonds. The Morgan fingerprint density at radius 2 is 2.07 bits per heavy atom. The van der Waals surface area contributed by atoms with Gasteiger partial charge in [-0.15, -0.1) is 18.3 Å². The zero-order valence-electron chi connectivity index (χ0n) is 15.1. The van der Waals surface area contributed by atoms with Crippen LogP contribution in [0.1, 0.15) is 47.5 Å². The van der Waals surface area contributed by atoms with Gasteiger partial charge in [-0.3, -0.25) is 14.2 Å². The number of hydrogen-bond donors (Lipinski definition) is 0. The molecule has 0 radical (unpaired) electrons. The van der Waals surface area contributed by atoms with Crippen LogP contribution in [0, 0.1) is 0 Å². The average molecular weight is 399 g/mol. The van der Waals surface area contributed by atoms with Crippen LogP contribution in [0.4, 0.5) is 0 Å². The SMILES string of the molecule is C=CCn1c(SCC(=O)c2ccccc2)nc2c(c1=O)C1CCCCC1S2. The minimum atomic E-state index is 0.0434. The van der Waals surface area contributed by atoms with E-state index in [2.05, 4.69) is 6.58 Å². The first-order valence-electron chi connectivity index (χ1n) is 9.32. The van der Waals surface area contributed by atoms with E-state index in [0.717, 1.165) is 23.4 Å². The van der Waals surface area contributed by atoms with Crippen molar-refractivity contribution in [3.63, 3.8) is 0 Å². The van der Waals surface area contributed by atoms with E-state index in [0.29, 0.717) is 28.4 Å². The summed E-state index contributed by atoms with van der Waals surface area (Å²) >= 11 is 3.10. The highest BCUT2D eigenvalue weighted by molar-refractivity contribution is 8.00. The summed E-state index contributed by atoms with van der Waals surface area (Å²) in [4.78, 5) is 30.5. The van der Waals surface area contributed by atoms with Gasteiger partial charge in [-0.25, -0.2) is 4.98 Å². The lowest BCUT2D eigenvalue weighted by molar-refractivity contribution is 0.102. The van der Waals surface area contributed by atoms with Gasteiger partial charge in [0.2, 0.25) is 0 Å². The summed E-state index contributed by atoms with van der Waals surface area (Å²) in [5.74, 6) is 0.644. The molecule has 140 valence electrons. The molecule has 1 aromatic carbocycles. The topological polar surface area (TPSA) is 52.0 Å². The Bertz CT molecular complexity index is 924. The Morgan fingerprint density at radius 3 is 2.85 bits per heavy atom. The minimum Gasteiger partial charge on any atom is -0.293 e. The molecular formula is C21H22N2O2S2. The minimum absolute atomic E-state index is 0.0434. The number of nitrogens with zero attached hydrogens (tertiary/aromatic N) is 2. The lowest BCUT2D eigenvalue weighted by atomic mass is 9.85. The standard InChI is InChI=1S/C21H22N2O2S2/c1-2-12-23-20(25)18-15-10-6-7-11-17(15)27-19(18)22-21(23)26-13-16(24)14-8-4-3-5-9-14/h2-5,8-9,15,17H,1,6-7,10-13H2. The molecule has 1 fully saturated rings. The molecule has 1 aromatic heterocycles. The highest BCUT2D eigenvalue weighted by Crippen LogP contribution is 2.50. The van der Waals surface area contributed by atoms with Crippen LogP contribution in [-0.4, -0.2) is 26.3 Å². The summed E-state index contributed by atoms with van der Waals surface area (Å²) in [5.41, 5.74) is 1.63. The maximum absolute atomic E-state index is 13.2. The number of hydrogen-bond acceptors (Lipinski definition) is 5. The summed E-state index contributed by atoms with van der Waals surface area (Å²) in [6.07, 6.45) is 6.37. The molecule has 2 aromatic rings. The van der Waals surface area contributed by atoms with Crippen LogP contribution >= 0.6 is 23.5 Å². The van der Waals surface area contributed by atoms with Crippen molar-refractivity contribution in [3.05, 3.63) is 64.5 Å². The quantitative estimate of drug-likeness (QED) is 0.235. The molecule has 2 aliphatic rings. The maximum Gasteiger partial charge on any atom is 0.259 e. The van der Waals surface area contributed by atoms with Crippen LogP contribution in [-0.2, 0) is 6.54 Å². The third kappa shape index (κ3) is 3.65. The number of rotatable bonds is 6. The first-order chi connectivity index (χ1) is 13.2. The molecule has 4 rings (SSSR count). The number of ketones is 1. The van der Waals surface area contributed by atoms with E-state index in [1.54, 1.807) is 22.4 Å². The molecule has 2 unspecified atom stereocenters. The number of Topliss-reactive ketones (excluding diaryl/α,β-unsaturated/α-hetero) is 1. The first kappa shape index (κ1) is 18.6. The van der Waals surface area contributed by atoms with Gasteiger partial charge in [-0.2, -0.15) is 0 Å². The van der Waals surface area contributed by atoms with E-state index in [1.165, 1.54) is 24.6 Å². The van der Waals surface area contributed by atoms with Gasteiger partial charge in [-0.05, 0) is 12.8 Å². The fraction of sp³-hybridized carbons (Fsp3) is 0.381. The van der Waals surface area contributed by atoms with Gasteiger partial charge in [0.15, 0.2) is 10.9 Å². The monoisotopic (exact) mass is 398 g/mol. The Morgan fingerprint density at radius 1 is 1.30 bits per heavy atom. The predicted octanol–water partition coefficient (Wildman–Crippen LogP) is 4.54. The normalized spacial score (nSPS) is 20.7. The molecular weight excluding hydrogens is 376 g/mol. The molecule has 2 atom stereocenters. The van der Waals surface area contributed by atoms with Gasteiger partial charge in [0.25, 0.3) is 5.56 Å². The zero-order valence-corrected chi connectivity index (χ0v) is 16.7. The number of aromatic nitrogens is 2. The maximum atomic E-state index is 13.2.